The fourth-order valence-electron chi connectivity index (χ4n) is 2.84. The smallest absolute Gasteiger partial charge is 0.227 e. The third-order valence-corrected chi connectivity index (χ3v) is 7.28. The van der Waals surface area contributed by atoms with E-state index in [9.17, 15) is 8.42 Å². The van der Waals surface area contributed by atoms with E-state index in [4.69, 9.17) is 4.74 Å². The van der Waals surface area contributed by atoms with Crippen LogP contribution in [0.3, 0.4) is 0 Å². The summed E-state index contributed by atoms with van der Waals surface area (Å²) in [6.07, 6.45) is 3.46. The van der Waals surface area contributed by atoms with Gasteiger partial charge in [-0.25, -0.2) is 18.4 Å². The van der Waals surface area contributed by atoms with Crippen LogP contribution in [0.1, 0.15) is 44.4 Å². The lowest BCUT2D eigenvalue weighted by atomic mass is 10.0. The number of hydrogen-bond acceptors (Lipinski definition) is 7. The Morgan fingerprint density at radius 1 is 1.33 bits per heavy atom. The first-order chi connectivity index (χ1) is 12.5. The van der Waals surface area contributed by atoms with Crippen LogP contribution in [-0.4, -0.2) is 54.4 Å². The van der Waals surface area contributed by atoms with Gasteiger partial charge in [-0.2, -0.15) is 0 Å². The van der Waals surface area contributed by atoms with E-state index >= 15 is 0 Å². The predicted octanol–water partition coefficient (Wildman–Crippen LogP) is 3.00. The van der Waals surface area contributed by atoms with E-state index < -0.39 is 9.84 Å². The molecule has 0 unspecified atom stereocenters. The Kier molecular flexibility index (Phi) is 7.18. The van der Waals surface area contributed by atoms with Crippen LogP contribution in [0, 0.1) is 5.41 Å². The molecule has 152 valence electrons. The maximum atomic E-state index is 12.9. The lowest BCUT2D eigenvalue weighted by Gasteiger charge is -2.24. The molecule has 0 aliphatic rings. The summed E-state index contributed by atoms with van der Waals surface area (Å²) in [5, 5.41) is 3.11. The minimum Gasteiger partial charge on any atom is -0.383 e. The van der Waals surface area contributed by atoms with E-state index in [0.29, 0.717) is 19.7 Å². The average Bonchev–Trinajstić information content (AvgIpc) is 3.20. The van der Waals surface area contributed by atoms with Gasteiger partial charge >= 0.3 is 0 Å². The molecule has 0 spiro atoms. The Balaban J connectivity index is 2.30. The van der Waals surface area contributed by atoms with E-state index in [2.05, 4.69) is 21.8 Å². The lowest BCUT2D eigenvalue weighted by Crippen LogP contribution is -2.27. The van der Waals surface area contributed by atoms with Crippen LogP contribution in [0.2, 0.25) is 0 Å². The Hall–Kier alpha value is -1.29. The van der Waals surface area contributed by atoms with E-state index in [1.54, 1.807) is 35.4 Å². The number of sulfone groups is 1. The normalized spacial score (nSPS) is 14.0. The molecular formula is C18H30N4O3S2. The van der Waals surface area contributed by atoms with Crippen molar-refractivity contribution in [2.75, 3.05) is 26.5 Å². The molecule has 7 nitrogen and oxygen atoms in total. The van der Waals surface area contributed by atoms with Gasteiger partial charge in [-0.05, 0) is 19.4 Å². The van der Waals surface area contributed by atoms with Crippen molar-refractivity contribution in [1.82, 2.24) is 19.4 Å². The maximum Gasteiger partial charge on any atom is 0.227 e. The topological polar surface area (TPSA) is 77.3 Å². The van der Waals surface area contributed by atoms with Crippen molar-refractivity contribution in [3.8, 4) is 0 Å². The number of aromatic nitrogens is 3. The Morgan fingerprint density at radius 2 is 2.04 bits per heavy atom. The molecule has 2 rings (SSSR count). The summed E-state index contributed by atoms with van der Waals surface area (Å²) in [4.78, 5) is 10.8. The summed E-state index contributed by atoms with van der Waals surface area (Å²) in [6, 6.07) is 0.130. The van der Waals surface area contributed by atoms with Gasteiger partial charge in [0.15, 0.2) is 0 Å². The second-order valence-electron chi connectivity index (χ2n) is 7.96. The summed E-state index contributed by atoms with van der Waals surface area (Å²) in [6.45, 7) is 9.28. The van der Waals surface area contributed by atoms with Crippen molar-refractivity contribution in [3.05, 3.63) is 28.5 Å². The molecule has 0 fully saturated rings. The third-order valence-electron chi connectivity index (χ3n) is 4.20. The zero-order valence-corrected chi connectivity index (χ0v) is 18.6. The van der Waals surface area contributed by atoms with Gasteiger partial charge in [-0.15, -0.1) is 11.3 Å². The molecule has 0 amide bonds. The van der Waals surface area contributed by atoms with Crippen molar-refractivity contribution >= 4 is 21.2 Å². The number of hydrogen-bond donors (Lipinski definition) is 0. The molecule has 0 saturated heterocycles. The monoisotopic (exact) mass is 414 g/mol. The van der Waals surface area contributed by atoms with Gasteiger partial charge in [0.2, 0.25) is 15.0 Å². The van der Waals surface area contributed by atoms with E-state index in [-0.39, 0.29) is 22.4 Å². The quantitative estimate of drug-likeness (QED) is 0.628. The average molecular weight is 415 g/mol. The molecule has 0 bridgehead atoms. The van der Waals surface area contributed by atoms with Gasteiger partial charge in [0, 0.05) is 31.8 Å². The molecule has 0 aliphatic heterocycles. The highest BCUT2D eigenvalue weighted by atomic mass is 32.2. The van der Waals surface area contributed by atoms with Crippen LogP contribution in [0.15, 0.2) is 22.9 Å². The first-order valence-electron chi connectivity index (χ1n) is 8.91. The number of nitrogens with zero attached hydrogens (tertiary/aromatic N) is 4. The van der Waals surface area contributed by atoms with Gasteiger partial charge in [0.25, 0.3) is 0 Å². The second-order valence-corrected chi connectivity index (χ2v) is 10.8. The highest BCUT2D eigenvalue weighted by molar-refractivity contribution is 7.91. The minimum absolute atomic E-state index is 0.0504. The summed E-state index contributed by atoms with van der Waals surface area (Å²) >= 11 is 1.61. The number of methoxy groups -OCH3 is 1. The molecule has 9 heteroatoms. The second kappa shape index (κ2) is 8.81. The third kappa shape index (κ3) is 5.84. The van der Waals surface area contributed by atoms with Gasteiger partial charge < -0.3 is 9.30 Å². The molecule has 2 heterocycles. The predicted molar refractivity (Wildman–Crippen MR) is 108 cm³/mol. The van der Waals surface area contributed by atoms with Crippen LogP contribution in [0.5, 0.6) is 0 Å². The molecule has 2 aromatic heterocycles. The maximum absolute atomic E-state index is 12.9. The Morgan fingerprint density at radius 3 is 2.59 bits per heavy atom. The summed E-state index contributed by atoms with van der Waals surface area (Å²) in [7, 11) is 0.121. The molecule has 0 aromatic carbocycles. The first kappa shape index (κ1) is 22.0. The van der Waals surface area contributed by atoms with Crippen molar-refractivity contribution in [1.29, 1.82) is 0 Å². The summed E-state index contributed by atoms with van der Waals surface area (Å²) in [5.74, 6) is 0.0504. The summed E-state index contributed by atoms with van der Waals surface area (Å²) < 4.78 is 32.8. The summed E-state index contributed by atoms with van der Waals surface area (Å²) in [5.41, 5.74) is 0.512. The van der Waals surface area contributed by atoms with Crippen LogP contribution in [0.25, 0.3) is 0 Å². The Labute approximate surface area is 166 Å². The van der Waals surface area contributed by atoms with Crippen molar-refractivity contribution in [2.45, 2.75) is 52.0 Å². The number of imidazole rings is 1. The fourth-order valence-corrected chi connectivity index (χ4v) is 5.63. The molecular weight excluding hydrogens is 384 g/mol. The fraction of sp³-hybridized carbons (Fsp3) is 0.667. The molecule has 0 radical (unpaired) electrons. The largest absolute Gasteiger partial charge is 0.383 e. The van der Waals surface area contributed by atoms with Gasteiger partial charge in [-0.1, -0.05) is 20.8 Å². The van der Waals surface area contributed by atoms with Crippen molar-refractivity contribution in [2.24, 2.45) is 5.41 Å². The van der Waals surface area contributed by atoms with Gasteiger partial charge in [0.05, 0.1) is 30.3 Å². The van der Waals surface area contributed by atoms with Crippen LogP contribution in [0.4, 0.5) is 0 Å². The van der Waals surface area contributed by atoms with E-state index in [1.807, 2.05) is 33.2 Å². The minimum atomic E-state index is -3.49. The SMILES string of the molecule is COCCn1c(CN(C)[C@H](C)c2nccs2)cnc1S(=O)(=O)CC(C)(C)C. The standard InChI is InChI=1S/C18H30N4O3S2/c1-14(16-19-7-10-26-16)21(5)12-15-11-20-17(22(15)8-9-25-6)27(23,24)13-18(2,3)4/h7,10-11,14H,8-9,12-13H2,1-6H3/t14-/m1/s1. The van der Waals surface area contributed by atoms with Crippen molar-refractivity contribution in [3.63, 3.8) is 0 Å². The molecule has 0 N–H and O–H groups in total. The van der Waals surface area contributed by atoms with Gasteiger partial charge in [-0.3, -0.25) is 4.90 Å². The molecule has 2 aromatic rings. The van der Waals surface area contributed by atoms with E-state index in [0.717, 1.165) is 10.7 Å². The lowest BCUT2D eigenvalue weighted by molar-refractivity contribution is 0.180. The van der Waals surface area contributed by atoms with E-state index in [1.165, 1.54) is 0 Å². The number of ether oxygens (including phenoxy) is 1. The molecule has 0 saturated carbocycles. The Bertz CT molecular complexity index is 823. The highest BCUT2D eigenvalue weighted by Gasteiger charge is 2.29. The number of rotatable bonds is 9. The molecule has 27 heavy (non-hydrogen) atoms. The van der Waals surface area contributed by atoms with Crippen molar-refractivity contribution < 1.29 is 13.2 Å². The van der Waals surface area contributed by atoms with Crippen LogP contribution >= 0.6 is 11.3 Å². The first-order valence-corrected chi connectivity index (χ1v) is 11.4. The zero-order chi connectivity index (χ0) is 20.2. The van der Waals surface area contributed by atoms with Crippen LogP contribution < -0.4 is 0 Å². The number of thiazole rings is 1. The molecule has 1 atom stereocenters. The van der Waals surface area contributed by atoms with Gasteiger partial charge in [0.1, 0.15) is 5.01 Å². The zero-order valence-electron chi connectivity index (χ0n) is 17.0. The highest BCUT2D eigenvalue weighted by Crippen LogP contribution is 2.25. The molecule has 0 aliphatic carbocycles. The van der Waals surface area contributed by atoms with Crippen LogP contribution in [-0.2, 0) is 27.7 Å².